The topological polar surface area (TPSA) is 100 Å². The van der Waals surface area contributed by atoms with E-state index in [2.05, 4.69) is 15.6 Å². The molecule has 0 radical (unpaired) electrons. The zero-order chi connectivity index (χ0) is 22.5. The Morgan fingerprint density at radius 1 is 1.06 bits per heavy atom. The molecule has 0 saturated heterocycles. The van der Waals surface area contributed by atoms with Gasteiger partial charge in [-0.15, -0.1) is 0 Å². The number of nitrogens with zero attached hydrogens (tertiary/aromatic N) is 2. The summed E-state index contributed by atoms with van der Waals surface area (Å²) in [5.41, 5.74) is 6.76. The number of halogens is 2. The molecule has 0 spiro atoms. The second-order valence-electron chi connectivity index (χ2n) is 6.94. The molecule has 0 aliphatic carbocycles. The van der Waals surface area contributed by atoms with Crippen molar-refractivity contribution in [2.24, 2.45) is 5.73 Å². The summed E-state index contributed by atoms with van der Waals surface area (Å²) < 4.78 is 27.8. The Morgan fingerprint density at radius 2 is 1.71 bits per heavy atom. The van der Waals surface area contributed by atoms with E-state index in [1.165, 1.54) is 23.2 Å². The predicted octanol–water partition coefficient (Wildman–Crippen LogP) is 3.52. The Hall–Kier alpha value is -4.01. The largest absolute Gasteiger partial charge is 0.380 e. The number of pyridine rings is 1. The van der Waals surface area contributed by atoms with Gasteiger partial charge in [0.05, 0.1) is 11.3 Å². The van der Waals surface area contributed by atoms with Crippen molar-refractivity contribution in [3.8, 4) is 0 Å². The molecule has 0 saturated carbocycles. The van der Waals surface area contributed by atoms with Crippen LogP contribution in [0.25, 0.3) is 0 Å². The zero-order valence-corrected chi connectivity index (χ0v) is 16.9. The van der Waals surface area contributed by atoms with Crippen molar-refractivity contribution < 1.29 is 18.4 Å². The van der Waals surface area contributed by atoms with Crippen molar-refractivity contribution in [1.82, 2.24) is 9.88 Å². The zero-order valence-electron chi connectivity index (χ0n) is 16.9. The first-order chi connectivity index (χ1) is 14.8. The molecule has 1 aromatic heterocycles. The van der Waals surface area contributed by atoms with Crippen LogP contribution in [-0.4, -0.2) is 35.8 Å². The molecule has 7 nitrogen and oxygen atoms in total. The van der Waals surface area contributed by atoms with Crippen molar-refractivity contribution in [3.05, 3.63) is 83.1 Å². The maximum absolute atomic E-state index is 13.9. The highest BCUT2D eigenvalue weighted by molar-refractivity contribution is 5.98. The Balaban J connectivity index is 1.81. The standard InChI is InChI=1S/C22H21F2N5O2/c1-29(2)22(31)13-6-8-14(9-7-13)28-20-10-19(16(12-27-20)21(25)30)26-11-15-17(23)4-3-5-18(15)24/h3-10,12H,11H2,1-2H3,(H2,25,30)(H2,26,27,28). The van der Waals surface area contributed by atoms with E-state index in [-0.39, 0.29) is 29.3 Å². The van der Waals surface area contributed by atoms with Crippen LogP contribution in [0.4, 0.5) is 26.0 Å². The lowest BCUT2D eigenvalue weighted by Gasteiger charge is -2.14. The Morgan fingerprint density at radius 3 is 2.29 bits per heavy atom. The lowest BCUT2D eigenvalue weighted by molar-refractivity contribution is 0.0827. The minimum absolute atomic E-state index is 0.0780. The molecule has 2 amide bonds. The third-order valence-electron chi connectivity index (χ3n) is 4.50. The molecule has 0 bridgehead atoms. The van der Waals surface area contributed by atoms with Gasteiger partial charge in [-0.2, -0.15) is 0 Å². The number of aromatic nitrogens is 1. The van der Waals surface area contributed by atoms with Gasteiger partial charge < -0.3 is 21.3 Å². The molecule has 0 unspecified atom stereocenters. The van der Waals surface area contributed by atoms with E-state index in [0.717, 1.165) is 12.1 Å². The lowest BCUT2D eigenvalue weighted by atomic mass is 10.1. The van der Waals surface area contributed by atoms with Crippen LogP contribution in [0, 0.1) is 11.6 Å². The summed E-state index contributed by atoms with van der Waals surface area (Å²) in [7, 11) is 3.33. The number of carbonyl (C=O) groups is 2. The molecule has 0 atom stereocenters. The number of nitrogens with two attached hydrogens (primary N) is 1. The van der Waals surface area contributed by atoms with Crippen LogP contribution in [0.3, 0.4) is 0 Å². The smallest absolute Gasteiger partial charge is 0.253 e. The predicted molar refractivity (Wildman–Crippen MR) is 114 cm³/mol. The number of hydrogen-bond acceptors (Lipinski definition) is 5. The monoisotopic (exact) mass is 425 g/mol. The van der Waals surface area contributed by atoms with Gasteiger partial charge in [-0.3, -0.25) is 9.59 Å². The molecule has 31 heavy (non-hydrogen) atoms. The number of amides is 2. The van der Waals surface area contributed by atoms with Crippen molar-refractivity contribution in [2.75, 3.05) is 24.7 Å². The van der Waals surface area contributed by atoms with E-state index in [1.54, 1.807) is 38.4 Å². The summed E-state index contributed by atoms with van der Waals surface area (Å²) in [5.74, 6) is -1.89. The molecule has 4 N–H and O–H groups in total. The highest BCUT2D eigenvalue weighted by Gasteiger charge is 2.14. The third-order valence-corrected chi connectivity index (χ3v) is 4.50. The molecule has 160 valence electrons. The molecule has 0 fully saturated rings. The summed E-state index contributed by atoms with van der Waals surface area (Å²) in [6.07, 6.45) is 1.27. The number of carbonyl (C=O) groups excluding carboxylic acids is 2. The van der Waals surface area contributed by atoms with Gasteiger partial charge in [0.25, 0.3) is 11.8 Å². The molecule has 0 aliphatic heterocycles. The molecule has 3 rings (SSSR count). The minimum Gasteiger partial charge on any atom is -0.380 e. The maximum Gasteiger partial charge on any atom is 0.253 e. The van der Waals surface area contributed by atoms with Crippen molar-refractivity contribution in [3.63, 3.8) is 0 Å². The van der Waals surface area contributed by atoms with Gasteiger partial charge >= 0.3 is 0 Å². The summed E-state index contributed by atoms with van der Waals surface area (Å²) in [6.45, 7) is -0.191. The normalized spacial score (nSPS) is 10.5. The van der Waals surface area contributed by atoms with Gasteiger partial charge in [0.2, 0.25) is 0 Å². The number of hydrogen-bond donors (Lipinski definition) is 3. The van der Waals surface area contributed by atoms with Crippen molar-refractivity contribution in [2.45, 2.75) is 6.54 Å². The highest BCUT2D eigenvalue weighted by atomic mass is 19.1. The molecular formula is C22H21F2N5O2. The Kier molecular flexibility index (Phi) is 6.44. The second-order valence-corrected chi connectivity index (χ2v) is 6.94. The average Bonchev–Trinajstić information content (AvgIpc) is 2.73. The fourth-order valence-electron chi connectivity index (χ4n) is 2.85. The SMILES string of the molecule is CN(C)C(=O)c1ccc(Nc2cc(NCc3c(F)cccc3F)c(C(N)=O)cn2)cc1. The van der Waals surface area contributed by atoms with E-state index in [0.29, 0.717) is 17.1 Å². The fourth-order valence-corrected chi connectivity index (χ4v) is 2.85. The van der Waals surface area contributed by atoms with E-state index < -0.39 is 17.5 Å². The van der Waals surface area contributed by atoms with Crippen LogP contribution < -0.4 is 16.4 Å². The number of rotatable bonds is 7. The molecular weight excluding hydrogens is 404 g/mol. The molecule has 9 heteroatoms. The van der Waals surface area contributed by atoms with E-state index in [9.17, 15) is 18.4 Å². The highest BCUT2D eigenvalue weighted by Crippen LogP contribution is 2.23. The first-order valence-electron chi connectivity index (χ1n) is 9.31. The first kappa shape index (κ1) is 21.7. The number of benzene rings is 2. The third kappa shape index (κ3) is 5.13. The quantitative estimate of drug-likeness (QED) is 0.538. The fraction of sp³-hybridized carbons (Fsp3) is 0.136. The van der Waals surface area contributed by atoms with Crippen molar-refractivity contribution in [1.29, 1.82) is 0 Å². The number of primary amides is 1. The lowest BCUT2D eigenvalue weighted by Crippen LogP contribution is -2.21. The van der Waals surface area contributed by atoms with Crippen molar-refractivity contribution >= 4 is 29.0 Å². The first-order valence-corrected chi connectivity index (χ1v) is 9.31. The van der Waals surface area contributed by atoms with Crippen LogP contribution >= 0.6 is 0 Å². The maximum atomic E-state index is 13.9. The minimum atomic E-state index is -0.734. The molecule has 1 heterocycles. The summed E-state index contributed by atoms with van der Waals surface area (Å²) in [6, 6.07) is 11.8. The second kappa shape index (κ2) is 9.21. The Bertz CT molecular complexity index is 1100. The molecule has 3 aromatic rings. The van der Waals surface area contributed by atoms with Crippen LogP contribution in [-0.2, 0) is 6.54 Å². The molecule has 0 aliphatic rings. The van der Waals surface area contributed by atoms with Crippen LogP contribution in [0.1, 0.15) is 26.3 Å². The van der Waals surface area contributed by atoms with Gasteiger partial charge in [-0.25, -0.2) is 13.8 Å². The van der Waals surface area contributed by atoms with E-state index in [1.807, 2.05) is 0 Å². The summed E-state index contributed by atoms with van der Waals surface area (Å²) >= 11 is 0. The Labute approximate surface area is 177 Å². The summed E-state index contributed by atoms with van der Waals surface area (Å²) in [5, 5.41) is 5.89. The number of anilines is 3. The van der Waals surface area contributed by atoms with Gasteiger partial charge in [0.1, 0.15) is 17.5 Å². The van der Waals surface area contributed by atoms with Crippen LogP contribution in [0.2, 0.25) is 0 Å². The average molecular weight is 425 g/mol. The van der Waals surface area contributed by atoms with E-state index in [4.69, 9.17) is 5.73 Å². The van der Waals surface area contributed by atoms with Gasteiger partial charge in [-0.05, 0) is 36.4 Å². The van der Waals surface area contributed by atoms with Gasteiger partial charge in [0.15, 0.2) is 0 Å². The molecule has 2 aromatic carbocycles. The number of nitrogens with one attached hydrogen (secondary N) is 2. The van der Waals surface area contributed by atoms with Crippen LogP contribution in [0.15, 0.2) is 54.7 Å². The van der Waals surface area contributed by atoms with Gasteiger partial charge in [-0.1, -0.05) is 6.07 Å². The van der Waals surface area contributed by atoms with Gasteiger partial charge in [0, 0.05) is 49.7 Å². The van der Waals surface area contributed by atoms with Crippen LogP contribution in [0.5, 0.6) is 0 Å². The summed E-state index contributed by atoms with van der Waals surface area (Å²) in [4.78, 5) is 29.3. The van der Waals surface area contributed by atoms with E-state index >= 15 is 0 Å².